The van der Waals surface area contributed by atoms with E-state index >= 15 is 0 Å². The third-order valence-electron chi connectivity index (χ3n) is 3.01. The van der Waals surface area contributed by atoms with Crippen molar-refractivity contribution in [1.29, 1.82) is 0 Å². The molecule has 3 nitrogen and oxygen atoms in total. The molecule has 1 aromatic carbocycles. The molecule has 2 rings (SSSR count). The molecule has 0 unspecified atom stereocenters. The summed E-state index contributed by atoms with van der Waals surface area (Å²) in [5.41, 5.74) is 1.01. The predicted octanol–water partition coefficient (Wildman–Crippen LogP) is 2.81. The summed E-state index contributed by atoms with van der Waals surface area (Å²) >= 11 is 1.82. The van der Waals surface area contributed by atoms with Crippen LogP contribution < -0.4 is 5.32 Å². The lowest BCUT2D eigenvalue weighted by molar-refractivity contribution is 0.139. The number of rotatable bonds is 5. The van der Waals surface area contributed by atoms with Crippen molar-refractivity contribution < 1.29 is 9.53 Å². The number of alkyl carbamates (subject to hydrolysis) is 1. The van der Waals surface area contributed by atoms with Crippen LogP contribution in [0.5, 0.6) is 0 Å². The molecule has 17 heavy (non-hydrogen) atoms. The summed E-state index contributed by atoms with van der Waals surface area (Å²) in [5.74, 6) is 0. The molecule has 92 valence electrons. The van der Waals surface area contributed by atoms with Crippen molar-refractivity contribution >= 4 is 17.9 Å². The third kappa shape index (κ3) is 3.66. The van der Waals surface area contributed by atoms with Crippen LogP contribution >= 0.6 is 11.8 Å². The van der Waals surface area contributed by atoms with Crippen LogP contribution in [0.15, 0.2) is 30.3 Å². The molecule has 0 radical (unpaired) electrons. The van der Waals surface area contributed by atoms with Crippen LogP contribution in [-0.2, 0) is 11.3 Å². The minimum atomic E-state index is -0.325. The van der Waals surface area contributed by atoms with Gasteiger partial charge in [0.25, 0.3) is 0 Å². The zero-order chi connectivity index (χ0) is 12.1. The Bertz CT molecular complexity index is 376. The molecule has 4 heteroatoms. The summed E-state index contributed by atoms with van der Waals surface area (Å²) in [6.45, 7) is 1.04. The molecule has 0 aromatic heterocycles. The molecular weight excluding hydrogens is 234 g/mol. The van der Waals surface area contributed by atoms with Gasteiger partial charge in [-0.05, 0) is 24.7 Å². The highest BCUT2D eigenvalue weighted by Crippen LogP contribution is 2.46. The number of carbonyl (C=O) groups excluding carboxylic acids is 1. The van der Waals surface area contributed by atoms with Gasteiger partial charge in [-0.3, -0.25) is 0 Å². The SMILES string of the molecule is CSC1(CNC(=O)OCc2ccccc2)CC1. The highest BCUT2D eigenvalue weighted by atomic mass is 32.2. The molecule has 1 N–H and O–H groups in total. The Morgan fingerprint density at radius 3 is 2.71 bits per heavy atom. The standard InChI is InChI=1S/C13H17NO2S/c1-17-13(7-8-13)10-14-12(15)16-9-11-5-3-2-4-6-11/h2-6H,7-10H2,1H3,(H,14,15). The van der Waals surface area contributed by atoms with E-state index < -0.39 is 0 Å². The first-order valence-corrected chi connectivity index (χ1v) is 6.96. The van der Waals surface area contributed by atoms with E-state index in [-0.39, 0.29) is 10.8 Å². The van der Waals surface area contributed by atoms with Gasteiger partial charge in [-0.1, -0.05) is 30.3 Å². The van der Waals surface area contributed by atoms with Gasteiger partial charge >= 0.3 is 6.09 Å². The van der Waals surface area contributed by atoms with Crippen molar-refractivity contribution in [1.82, 2.24) is 5.32 Å². The Balaban J connectivity index is 1.68. The van der Waals surface area contributed by atoms with E-state index in [1.54, 1.807) is 0 Å². The normalized spacial score (nSPS) is 16.3. The summed E-state index contributed by atoms with van der Waals surface area (Å²) in [4.78, 5) is 11.5. The van der Waals surface area contributed by atoms with E-state index in [1.807, 2.05) is 42.1 Å². The monoisotopic (exact) mass is 251 g/mol. The first-order chi connectivity index (χ1) is 8.24. The maximum atomic E-state index is 11.5. The molecule has 0 bridgehead atoms. The Morgan fingerprint density at radius 1 is 1.41 bits per heavy atom. The van der Waals surface area contributed by atoms with Gasteiger partial charge in [-0.15, -0.1) is 0 Å². The van der Waals surface area contributed by atoms with Gasteiger partial charge in [0, 0.05) is 11.3 Å². The minimum absolute atomic E-state index is 0.283. The smallest absolute Gasteiger partial charge is 0.407 e. The fourth-order valence-electron chi connectivity index (χ4n) is 1.60. The number of ether oxygens (including phenoxy) is 1. The van der Waals surface area contributed by atoms with E-state index in [0.717, 1.165) is 5.56 Å². The minimum Gasteiger partial charge on any atom is -0.445 e. The van der Waals surface area contributed by atoms with Gasteiger partial charge in [0.2, 0.25) is 0 Å². The zero-order valence-electron chi connectivity index (χ0n) is 9.94. The first-order valence-electron chi connectivity index (χ1n) is 5.74. The number of hydrogen-bond acceptors (Lipinski definition) is 3. The van der Waals surface area contributed by atoms with E-state index in [9.17, 15) is 4.79 Å². The molecule has 0 atom stereocenters. The molecule has 1 fully saturated rings. The number of thioether (sulfide) groups is 1. The lowest BCUT2D eigenvalue weighted by Crippen LogP contribution is -2.32. The molecule has 1 saturated carbocycles. The number of nitrogens with one attached hydrogen (secondary N) is 1. The lowest BCUT2D eigenvalue weighted by Gasteiger charge is -2.13. The quantitative estimate of drug-likeness (QED) is 0.874. The van der Waals surface area contributed by atoms with E-state index in [4.69, 9.17) is 4.74 Å². The summed E-state index contributed by atoms with van der Waals surface area (Å²) < 4.78 is 5.42. The fourth-order valence-corrected chi connectivity index (χ4v) is 2.33. The average Bonchev–Trinajstić information content (AvgIpc) is 3.16. The molecule has 0 saturated heterocycles. The van der Waals surface area contributed by atoms with Crippen LogP contribution in [0.1, 0.15) is 18.4 Å². The van der Waals surface area contributed by atoms with Crippen molar-refractivity contribution in [2.24, 2.45) is 0 Å². The number of hydrogen-bond donors (Lipinski definition) is 1. The molecular formula is C13H17NO2S. The first kappa shape index (κ1) is 12.3. The molecule has 0 heterocycles. The molecule has 1 aliphatic rings. The summed E-state index contributed by atoms with van der Waals surface area (Å²) in [7, 11) is 0. The second-order valence-corrected chi connectivity index (χ2v) is 5.58. The van der Waals surface area contributed by atoms with Crippen LogP contribution in [0.4, 0.5) is 4.79 Å². The van der Waals surface area contributed by atoms with Crippen molar-refractivity contribution in [3.05, 3.63) is 35.9 Å². The van der Waals surface area contributed by atoms with Gasteiger partial charge < -0.3 is 10.1 Å². The summed E-state index contributed by atoms with van der Waals surface area (Å²) in [6.07, 6.45) is 4.14. The van der Waals surface area contributed by atoms with Gasteiger partial charge in [-0.2, -0.15) is 11.8 Å². The lowest BCUT2D eigenvalue weighted by atomic mass is 10.2. The highest BCUT2D eigenvalue weighted by Gasteiger charge is 2.42. The third-order valence-corrected chi connectivity index (χ3v) is 4.43. The second kappa shape index (κ2) is 5.45. The number of benzene rings is 1. The maximum absolute atomic E-state index is 11.5. The van der Waals surface area contributed by atoms with Crippen molar-refractivity contribution in [2.45, 2.75) is 24.2 Å². The van der Waals surface area contributed by atoms with Crippen LogP contribution in [0.25, 0.3) is 0 Å². The Labute approximate surface area is 106 Å². The molecule has 0 aliphatic heterocycles. The van der Waals surface area contributed by atoms with Gasteiger partial charge in [-0.25, -0.2) is 4.79 Å². The van der Waals surface area contributed by atoms with Gasteiger partial charge in [0.1, 0.15) is 6.61 Å². The van der Waals surface area contributed by atoms with Crippen molar-refractivity contribution in [2.75, 3.05) is 12.8 Å². The predicted molar refractivity (Wildman–Crippen MR) is 70.1 cm³/mol. The Kier molecular flexibility index (Phi) is 3.94. The maximum Gasteiger partial charge on any atom is 0.407 e. The molecule has 1 aliphatic carbocycles. The molecule has 1 amide bonds. The summed E-state index contributed by atoms with van der Waals surface area (Å²) in [6, 6.07) is 9.70. The van der Waals surface area contributed by atoms with Crippen LogP contribution in [-0.4, -0.2) is 23.6 Å². The van der Waals surface area contributed by atoms with Crippen molar-refractivity contribution in [3.63, 3.8) is 0 Å². The Morgan fingerprint density at radius 2 is 2.12 bits per heavy atom. The number of amides is 1. The highest BCUT2D eigenvalue weighted by molar-refractivity contribution is 8.00. The topological polar surface area (TPSA) is 38.3 Å². The second-order valence-electron chi connectivity index (χ2n) is 4.30. The zero-order valence-corrected chi connectivity index (χ0v) is 10.8. The van der Waals surface area contributed by atoms with E-state index in [2.05, 4.69) is 11.6 Å². The average molecular weight is 251 g/mol. The van der Waals surface area contributed by atoms with Gasteiger partial charge in [0.05, 0.1) is 0 Å². The number of carbonyl (C=O) groups is 1. The summed E-state index contributed by atoms with van der Waals surface area (Å²) in [5, 5.41) is 2.82. The van der Waals surface area contributed by atoms with E-state index in [0.29, 0.717) is 13.2 Å². The Hall–Kier alpha value is -1.16. The van der Waals surface area contributed by atoms with Crippen LogP contribution in [0, 0.1) is 0 Å². The molecule has 0 spiro atoms. The fraction of sp³-hybridized carbons (Fsp3) is 0.462. The van der Waals surface area contributed by atoms with E-state index in [1.165, 1.54) is 12.8 Å². The van der Waals surface area contributed by atoms with Gasteiger partial charge in [0.15, 0.2) is 0 Å². The van der Waals surface area contributed by atoms with Crippen LogP contribution in [0.2, 0.25) is 0 Å². The van der Waals surface area contributed by atoms with Crippen LogP contribution in [0.3, 0.4) is 0 Å². The van der Waals surface area contributed by atoms with Crippen molar-refractivity contribution in [3.8, 4) is 0 Å². The largest absolute Gasteiger partial charge is 0.445 e. The molecule has 1 aromatic rings.